The highest BCUT2D eigenvalue weighted by molar-refractivity contribution is 7.20. The number of carbonyl (C=O) groups excluding carboxylic acids is 1. The predicted molar refractivity (Wildman–Crippen MR) is 101 cm³/mol. The van der Waals surface area contributed by atoms with Crippen LogP contribution in [0.15, 0.2) is 0 Å². The molecule has 1 aliphatic carbocycles. The predicted octanol–water partition coefficient (Wildman–Crippen LogP) is 2.58. The molecule has 1 saturated heterocycles. The maximum atomic E-state index is 12.3. The van der Waals surface area contributed by atoms with Crippen LogP contribution in [-0.2, 0) is 16.0 Å². The zero-order chi connectivity index (χ0) is 18.1. The maximum absolute atomic E-state index is 12.3. The molecule has 7 nitrogen and oxygen atoms in total. The Bertz CT molecular complexity index is 812. The SMILES string of the molecule is CCOC(=O)c1sc2nc(CN3CCOCC3)nc(NC3CC3)c2c1C. The Balaban J connectivity index is 1.70. The van der Waals surface area contributed by atoms with Crippen molar-refractivity contribution in [1.82, 2.24) is 14.9 Å². The summed E-state index contributed by atoms with van der Waals surface area (Å²) in [6, 6.07) is 0.481. The lowest BCUT2D eigenvalue weighted by atomic mass is 10.2. The van der Waals surface area contributed by atoms with Crippen LogP contribution >= 0.6 is 11.3 Å². The van der Waals surface area contributed by atoms with E-state index < -0.39 is 0 Å². The molecule has 8 heteroatoms. The summed E-state index contributed by atoms with van der Waals surface area (Å²) >= 11 is 1.40. The van der Waals surface area contributed by atoms with Gasteiger partial charge in [0.25, 0.3) is 0 Å². The van der Waals surface area contributed by atoms with Crippen molar-refractivity contribution in [2.45, 2.75) is 39.3 Å². The number of morpholine rings is 1. The van der Waals surface area contributed by atoms with Crippen molar-refractivity contribution in [2.75, 3.05) is 38.2 Å². The number of carbonyl (C=O) groups is 1. The molecule has 0 unspecified atom stereocenters. The fourth-order valence-corrected chi connectivity index (χ4v) is 4.22. The fourth-order valence-electron chi connectivity index (χ4n) is 3.13. The fraction of sp³-hybridized carbons (Fsp3) is 0.611. The second kappa shape index (κ2) is 7.46. The number of aryl methyl sites for hydroxylation is 1. The van der Waals surface area contributed by atoms with E-state index in [-0.39, 0.29) is 5.97 Å². The van der Waals surface area contributed by atoms with Crippen LogP contribution in [0.1, 0.15) is 40.8 Å². The monoisotopic (exact) mass is 376 g/mol. The number of hydrogen-bond acceptors (Lipinski definition) is 8. The molecule has 4 rings (SSSR count). The van der Waals surface area contributed by atoms with Gasteiger partial charge in [0.2, 0.25) is 0 Å². The molecule has 0 bridgehead atoms. The highest BCUT2D eigenvalue weighted by Gasteiger charge is 2.26. The van der Waals surface area contributed by atoms with Crippen LogP contribution in [0.4, 0.5) is 5.82 Å². The van der Waals surface area contributed by atoms with Gasteiger partial charge < -0.3 is 14.8 Å². The third kappa shape index (κ3) is 3.67. The quantitative estimate of drug-likeness (QED) is 0.777. The molecule has 2 fully saturated rings. The summed E-state index contributed by atoms with van der Waals surface area (Å²) in [7, 11) is 0. The molecule has 0 amide bonds. The number of rotatable bonds is 6. The van der Waals surface area contributed by atoms with Crippen LogP contribution in [0.25, 0.3) is 10.2 Å². The van der Waals surface area contributed by atoms with Crippen molar-refractivity contribution in [2.24, 2.45) is 0 Å². The second-order valence-corrected chi connectivity index (χ2v) is 7.75. The number of fused-ring (bicyclic) bond motifs is 1. The summed E-state index contributed by atoms with van der Waals surface area (Å²) in [5.74, 6) is 1.37. The first-order chi connectivity index (χ1) is 12.7. The normalized spacial score (nSPS) is 18.2. The lowest BCUT2D eigenvalue weighted by molar-refractivity contribution is 0.0331. The van der Waals surface area contributed by atoms with Crippen molar-refractivity contribution in [3.63, 3.8) is 0 Å². The number of thiophene rings is 1. The highest BCUT2D eigenvalue weighted by atomic mass is 32.1. The molecule has 1 saturated carbocycles. The summed E-state index contributed by atoms with van der Waals surface area (Å²) in [5, 5.41) is 4.48. The van der Waals surface area contributed by atoms with Gasteiger partial charge in [0.05, 0.1) is 31.8 Å². The zero-order valence-electron chi connectivity index (χ0n) is 15.2. The van der Waals surface area contributed by atoms with E-state index in [0.29, 0.717) is 24.1 Å². The van der Waals surface area contributed by atoms with Gasteiger partial charge >= 0.3 is 5.97 Å². The number of nitrogens with one attached hydrogen (secondary N) is 1. The number of esters is 1. The maximum Gasteiger partial charge on any atom is 0.348 e. The first kappa shape index (κ1) is 17.6. The van der Waals surface area contributed by atoms with Gasteiger partial charge in [-0.3, -0.25) is 4.90 Å². The summed E-state index contributed by atoms with van der Waals surface area (Å²) in [4.78, 5) is 25.6. The lowest BCUT2D eigenvalue weighted by Crippen LogP contribution is -2.36. The third-order valence-electron chi connectivity index (χ3n) is 4.68. The Hall–Kier alpha value is -1.77. The third-order valence-corrected chi connectivity index (χ3v) is 5.85. The van der Waals surface area contributed by atoms with E-state index in [0.717, 1.165) is 66.6 Å². The molecule has 1 aliphatic heterocycles. The van der Waals surface area contributed by atoms with Crippen molar-refractivity contribution >= 4 is 33.3 Å². The van der Waals surface area contributed by atoms with Gasteiger partial charge in [-0.1, -0.05) is 0 Å². The number of hydrogen-bond donors (Lipinski definition) is 1. The van der Waals surface area contributed by atoms with Gasteiger partial charge in [0, 0.05) is 19.1 Å². The minimum Gasteiger partial charge on any atom is -0.462 e. The average molecular weight is 376 g/mol. The molecular weight excluding hydrogens is 352 g/mol. The molecule has 3 heterocycles. The van der Waals surface area contributed by atoms with E-state index in [1.807, 2.05) is 13.8 Å². The smallest absolute Gasteiger partial charge is 0.348 e. The Morgan fingerprint density at radius 1 is 1.35 bits per heavy atom. The largest absolute Gasteiger partial charge is 0.462 e. The Labute approximate surface area is 156 Å². The summed E-state index contributed by atoms with van der Waals surface area (Å²) in [5.41, 5.74) is 0.907. The van der Waals surface area contributed by atoms with Crippen LogP contribution in [0.5, 0.6) is 0 Å². The molecule has 1 N–H and O–H groups in total. The minimum absolute atomic E-state index is 0.278. The van der Waals surface area contributed by atoms with E-state index in [2.05, 4.69) is 10.2 Å². The first-order valence-corrected chi connectivity index (χ1v) is 10.0. The molecule has 0 atom stereocenters. The van der Waals surface area contributed by atoms with Crippen molar-refractivity contribution < 1.29 is 14.3 Å². The molecule has 26 heavy (non-hydrogen) atoms. The second-order valence-electron chi connectivity index (χ2n) is 6.75. The highest BCUT2D eigenvalue weighted by Crippen LogP contribution is 2.36. The number of aromatic nitrogens is 2. The van der Waals surface area contributed by atoms with Gasteiger partial charge in [-0.25, -0.2) is 14.8 Å². The zero-order valence-corrected chi connectivity index (χ0v) is 16.0. The average Bonchev–Trinajstić information content (AvgIpc) is 3.38. The molecule has 2 aromatic heterocycles. The van der Waals surface area contributed by atoms with Gasteiger partial charge in [-0.05, 0) is 32.3 Å². The molecule has 0 aromatic carbocycles. The Kier molecular flexibility index (Phi) is 5.06. The number of ether oxygens (including phenoxy) is 2. The summed E-state index contributed by atoms with van der Waals surface area (Å²) in [6.07, 6.45) is 2.33. The van der Waals surface area contributed by atoms with Crippen molar-refractivity contribution in [3.8, 4) is 0 Å². The van der Waals surface area contributed by atoms with E-state index in [4.69, 9.17) is 19.4 Å². The van der Waals surface area contributed by atoms with Gasteiger partial charge in [0.1, 0.15) is 21.3 Å². The van der Waals surface area contributed by atoms with Crippen LogP contribution < -0.4 is 5.32 Å². The number of nitrogens with zero attached hydrogens (tertiary/aromatic N) is 3. The standard InChI is InChI=1S/C18H24N4O3S/c1-3-25-18(23)15-11(2)14-16(19-12-4-5-12)20-13(21-17(14)26-15)10-22-6-8-24-9-7-22/h12H,3-10H2,1-2H3,(H,19,20,21). The molecular formula is C18H24N4O3S. The van der Waals surface area contributed by atoms with Gasteiger partial charge in [0.15, 0.2) is 0 Å². The van der Waals surface area contributed by atoms with Crippen molar-refractivity contribution in [3.05, 3.63) is 16.3 Å². The molecule has 2 aromatic rings. The Morgan fingerprint density at radius 3 is 2.81 bits per heavy atom. The van der Waals surface area contributed by atoms with Crippen LogP contribution in [0.3, 0.4) is 0 Å². The van der Waals surface area contributed by atoms with E-state index >= 15 is 0 Å². The summed E-state index contributed by atoms with van der Waals surface area (Å²) < 4.78 is 10.6. The van der Waals surface area contributed by atoms with Crippen LogP contribution in [-0.4, -0.2) is 59.8 Å². The van der Waals surface area contributed by atoms with Crippen molar-refractivity contribution in [1.29, 1.82) is 0 Å². The number of anilines is 1. The minimum atomic E-state index is -0.278. The summed E-state index contributed by atoms with van der Waals surface area (Å²) in [6.45, 7) is 8.13. The van der Waals surface area contributed by atoms with Gasteiger partial charge in [-0.15, -0.1) is 11.3 Å². The molecule has 140 valence electrons. The Morgan fingerprint density at radius 2 is 2.12 bits per heavy atom. The molecule has 0 spiro atoms. The van der Waals surface area contributed by atoms with E-state index in [9.17, 15) is 4.79 Å². The van der Waals surface area contributed by atoms with E-state index in [1.165, 1.54) is 11.3 Å². The first-order valence-electron chi connectivity index (χ1n) is 9.19. The molecule has 0 radical (unpaired) electrons. The van der Waals surface area contributed by atoms with Crippen LogP contribution in [0.2, 0.25) is 0 Å². The van der Waals surface area contributed by atoms with Gasteiger partial charge in [-0.2, -0.15) is 0 Å². The van der Waals surface area contributed by atoms with E-state index in [1.54, 1.807) is 0 Å². The topological polar surface area (TPSA) is 76.6 Å². The lowest BCUT2D eigenvalue weighted by Gasteiger charge is -2.25. The van der Waals surface area contributed by atoms with Crippen LogP contribution in [0, 0.1) is 6.92 Å². The molecule has 2 aliphatic rings.